The number of hydrogen-bond acceptors (Lipinski definition) is 4. The van der Waals surface area contributed by atoms with Gasteiger partial charge in [-0.15, -0.1) is 6.58 Å². The Labute approximate surface area is 89.0 Å². The van der Waals surface area contributed by atoms with Gasteiger partial charge >= 0.3 is 0 Å². The Balaban J connectivity index is 2.21. The van der Waals surface area contributed by atoms with Crippen LogP contribution in [0, 0.1) is 13.8 Å². The number of hydrogen-bond donors (Lipinski definition) is 1. The minimum absolute atomic E-state index is 0.764. The van der Waals surface area contributed by atoms with Gasteiger partial charge in [-0.1, -0.05) is 17.8 Å². The summed E-state index contributed by atoms with van der Waals surface area (Å²) in [6.07, 6.45) is 1.85. The topological polar surface area (TPSA) is 38.1 Å². The molecule has 0 aliphatic carbocycles. The molecule has 0 saturated heterocycles. The van der Waals surface area contributed by atoms with Gasteiger partial charge in [0.1, 0.15) is 5.76 Å². The van der Waals surface area contributed by atoms with Gasteiger partial charge in [-0.3, -0.25) is 0 Å². The normalized spacial score (nSPS) is 10.4. The van der Waals surface area contributed by atoms with Gasteiger partial charge in [0.25, 0.3) is 5.22 Å². The first-order valence-electron chi connectivity index (χ1n) is 4.62. The summed E-state index contributed by atoms with van der Waals surface area (Å²) < 4.78 is 5.42. The Morgan fingerprint density at radius 3 is 2.93 bits per heavy atom. The van der Waals surface area contributed by atoms with Gasteiger partial charge in [0.05, 0.1) is 5.69 Å². The van der Waals surface area contributed by atoms with E-state index in [9.17, 15) is 0 Å². The van der Waals surface area contributed by atoms with E-state index in [1.165, 1.54) is 0 Å². The third-order valence-corrected chi connectivity index (χ3v) is 2.63. The van der Waals surface area contributed by atoms with Crippen molar-refractivity contribution in [1.29, 1.82) is 0 Å². The minimum atomic E-state index is 0.764. The van der Waals surface area contributed by atoms with E-state index in [1.54, 1.807) is 11.8 Å². The van der Waals surface area contributed by atoms with Crippen LogP contribution in [0.1, 0.15) is 11.5 Å². The molecule has 3 nitrogen and oxygen atoms in total. The number of aromatic nitrogens is 1. The Morgan fingerprint density at radius 2 is 2.36 bits per heavy atom. The second-order valence-corrected chi connectivity index (χ2v) is 4.01. The van der Waals surface area contributed by atoms with Crippen LogP contribution in [0.4, 0.5) is 0 Å². The van der Waals surface area contributed by atoms with Crippen molar-refractivity contribution in [2.75, 3.05) is 18.8 Å². The van der Waals surface area contributed by atoms with E-state index in [0.717, 1.165) is 35.5 Å². The Morgan fingerprint density at radius 1 is 1.57 bits per heavy atom. The summed E-state index contributed by atoms with van der Waals surface area (Å²) >= 11 is 1.63. The molecule has 0 aliphatic heterocycles. The molecule has 1 aromatic heterocycles. The highest BCUT2D eigenvalue weighted by molar-refractivity contribution is 7.99. The van der Waals surface area contributed by atoms with Crippen LogP contribution in [0.5, 0.6) is 0 Å². The summed E-state index contributed by atoms with van der Waals surface area (Å²) in [6, 6.07) is 0. The van der Waals surface area contributed by atoms with Crippen LogP contribution < -0.4 is 5.32 Å². The van der Waals surface area contributed by atoms with E-state index in [2.05, 4.69) is 16.9 Å². The van der Waals surface area contributed by atoms with Crippen molar-refractivity contribution in [1.82, 2.24) is 10.3 Å². The van der Waals surface area contributed by atoms with E-state index < -0.39 is 0 Å². The number of nitrogens with one attached hydrogen (secondary N) is 1. The van der Waals surface area contributed by atoms with E-state index in [-0.39, 0.29) is 0 Å². The van der Waals surface area contributed by atoms with Crippen molar-refractivity contribution in [3.05, 3.63) is 24.1 Å². The molecule has 78 valence electrons. The molecule has 0 amide bonds. The number of rotatable bonds is 6. The van der Waals surface area contributed by atoms with Crippen LogP contribution in [0.15, 0.2) is 22.3 Å². The van der Waals surface area contributed by atoms with Gasteiger partial charge in [-0.05, 0) is 13.8 Å². The molecule has 0 spiro atoms. The van der Waals surface area contributed by atoms with E-state index >= 15 is 0 Å². The van der Waals surface area contributed by atoms with Crippen molar-refractivity contribution >= 4 is 11.8 Å². The smallest absolute Gasteiger partial charge is 0.256 e. The molecule has 1 N–H and O–H groups in total. The molecule has 0 aromatic carbocycles. The standard InChI is InChI=1S/C10H16N2OS/c1-4-5-11-6-7-14-10-12-8(2)9(3)13-10/h4,11H,1,5-7H2,2-3H3. The second-order valence-electron chi connectivity index (χ2n) is 2.96. The van der Waals surface area contributed by atoms with Gasteiger partial charge in [-0.25, -0.2) is 4.98 Å². The highest BCUT2D eigenvalue weighted by Gasteiger charge is 2.04. The van der Waals surface area contributed by atoms with Crippen LogP contribution in [0.2, 0.25) is 0 Å². The van der Waals surface area contributed by atoms with E-state index in [0.29, 0.717) is 0 Å². The Kier molecular flexibility index (Phi) is 4.76. The lowest BCUT2D eigenvalue weighted by Crippen LogP contribution is -2.16. The summed E-state index contributed by atoms with van der Waals surface area (Å²) in [6.45, 7) is 9.31. The summed E-state index contributed by atoms with van der Waals surface area (Å²) in [5.41, 5.74) is 0.978. The fourth-order valence-corrected chi connectivity index (χ4v) is 1.73. The van der Waals surface area contributed by atoms with Crippen LogP contribution in [0.25, 0.3) is 0 Å². The number of thioether (sulfide) groups is 1. The van der Waals surface area contributed by atoms with Crippen LogP contribution in [-0.2, 0) is 0 Å². The van der Waals surface area contributed by atoms with Crippen LogP contribution in [0.3, 0.4) is 0 Å². The van der Waals surface area contributed by atoms with Crippen molar-refractivity contribution in [2.24, 2.45) is 0 Å². The number of aryl methyl sites for hydroxylation is 2. The maximum absolute atomic E-state index is 5.42. The van der Waals surface area contributed by atoms with Gasteiger partial charge in [0, 0.05) is 18.8 Å². The Hall–Kier alpha value is -0.740. The van der Waals surface area contributed by atoms with Gasteiger partial charge in [0.2, 0.25) is 0 Å². The fourth-order valence-electron chi connectivity index (χ4n) is 0.920. The fraction of sp³-hybridized carbons (Fsp3) is 0.500. The lowest BCUT2D eigenvalue weighted by Gasteiger charge is -1.98. The van der Waals surface area contributed by atoms with Crippen molar-refractivity contribution in [3.63, 3.8) is 0 Å². The molecule has 0 unspecified atom stereocenters. The highest BCUT2D eigenvalue weighted by Crippen LogP contribution is 2.19. The summed E-state index contributed by atoms with van der Waals surface area (Å²) in [5.74, 6) is 1.87. The summed E-state index contributed by atoms with van der Waals surface area (Å²) in [5, 5.41) is 3.98. The predicted octanol–water partition coefficient (Wildman–Crippen LogP) is 2.16. The summed E-state index contributed by atoms with van der Waals surface area (Å²) in [4.78, 5) is 4.28. The minimum Gasteiger partial charge on any atom is -0.437 e. The molecule has 0 saturated carbocycles. The Bertz CT molecular complexity index is 277. The number of nitrogens with zero attached hydrogens (tertiary/aromatic N) is 1. The zero-order chi connectivity index (χ0) is 10.4. The highest BCUT2D eigenvalue weighted by atomic mass is 32.2. The molecule has 14 heavy (non-hydrogen) atoms. The lowest BCUT2D eigenvalue weighted by molar-refractivity contribution is 0.431. The van der Waals surface area contributed by atoms with E-state index in [4.69, 9.17) is 4.42 Å². The molecular weight excluding hydrogens is 196 g/mol. The van der Waals surface area contributed by atoms with E-state index in [1.807, 2.05) is 19.9 Å². The quantitative estimate of drug-likeness (QED) is 0.445. The largest absolute Gasteiger partial charge is 0.437 e. The van der Waals surface area contributed by atoms with Gasteiger partial charge in [-0.2, -0.15) is 0 Å². The maximum Gasteiger partial charge on any atom is 0.256 e. The lowest BCUT2D eigenvalue weighted by atomic mass is 10.4. The SMILES string of the molecule is C=CCNCCSc1nc(C)c(C)o1. The summed E-state index contributed by atoms with van der Waals surface area (Å²) in [7, 11) is 0. The zero-order valence-electron chi connectivity index (χ0n) is 8.67. The van der Waals surface area contributed by atoms with Crippen LogP contribution >= 0.6 is 11.8 Å². The molecule has 0 aliphatic rings. The van der Waals surface area contributed by atoms with Gasteiger partial charge < -0.3 is 9.73 Å². The molecule has 1 aromatic rings. The molecule has 4 heteroatoms. The average Bonchev–Trinajstić information content (AvgIpc) is 2.46. The molecule has 0 radical (unpaired) electrons. The zero-order valence-corrected chi connectivity index (χ0v) is 9.49. The van der Waals surface area contributed by atoms with Crippen LogP contribution in [-0.4, -0.2) is 23.8 Å². The molecule has 0 atom stereocenters. The molecule has 1 rings (SSSR count). The monoisotopic (exact) mass is 212 g/mol. The molecular formula is C10H16N2OS. The first kappa shape index (κ1) is 11.3. The maximum atomic E-state index is 5.42. The second kappa shape index (κ2) is 5.88. The molecule has 0 bridgehead atoms. The molecule has 1 heterocycles. The average molecular weight is 212 g/mol. The predicted molar refractivity (Wildman–Crippen MR) is 59.8 cm³/mol. The molecule has 0 fully saturated rings. The van der Waals surface area contributed by atoms with Crippen molar-refractivity contribution in [2.45, 2.75) is 19.1 Å². The van der Waals surface area contributed by atoms with Gasteiger partial charge in [0.15, 0.2) is 0 Å². The number of oxazole rings is 1. The first-order chi connectivity index (χ1) is 6.74. The van der Waals surface area contributed by atoms with Crippen molar-refractivity contribution < 1.29 is 4.42 Å². The first-order valence-corrected chi connectivity index (χ1v) is 5.61. The third kappa shape index (κ3) is 3.55. The van der Waals surface area contributed by atoms with Crippen molar-refractivity contribution in [3.8, 4) is 0 Å². The third-order valence-electron chi connectivity index (χ3n) is 1.80.